The summed E-state index contributed by atoms with van der Waals surface area (Å²) >= 11 is 1.83. The maximum Gasteiger partial charge on any atom is 0.0362 e. The third-order valence-corrected chi connectivity index (χ3v) is 6.57. The van der Waals surface area contributed by atoms with Crippen molar-refractivity contribution in [2.45, 2.75) is 57.4 Å². The lowest BCUT2D eigenvalue weighted by Crippen LogP contribution is -2.37. The van der Waals surface area contributed by atoms with Crippen LogP contribution in [0.2, 0.25) is 0 Å². The Labute approximate surface area is 117 Å². The number of aryl methyl sites for hydroxylation is 1. The molecule has 0 aromatic carbocycles. The van der Waals surface area contributed by atoms with Crippen LogP contribution < -0.4 is 5.32 Å². The SMILES string of the molecule is CC[S@@](=O)[C@@H]1CCC[C@H](NCc2sccc2C)C1. The molecule has 1 aromatic rings. The van der Waals surface area contributed by atoms with Crippen molar-refractivity contribution in [2.24, 2.45) is 0 Å². The lowest BCUT2D eigenvalue weighted by molar-refractivity contribution is 0.376. The Morgan fingerprint density at radius 1 is 1.50 bits per heavy atom. The van der Waals surface area contributed by atoms with Gasteiger partial charge in [0.25, 0.3) is 0 Å². The predicted octanol–water partition coefficient (Wildman–Crippen LogP) is 3.23. The molecule has 2 rings (SSSR count). The maximum atomic E-state index is 11.9. The Hall–Kier alpha value is -0.190. The Bertz CT molecular complexity index is 402. The van der Waals surface area contributed by atoms with E-state index in [1.54, 1.807) is 0 Å². The highest BCUT2D eigenvalue weighted by atomic mass is 32.2. The fourth-order valence-corrected chi connectivity index (χ4v) is 4.83. The Balaban J connectivity index is 1.83. The van der Waals surface area contributed by atoms with Crippen molar-refractivity contribution in [3.05, 3.63) is 21.9 Å². The minimum atomic E-state index is -0.616. The van der Waals surface area contributed by atoms with Crippen molar-refractivity contribution < 1.29 is 4.21 Å². The molecule has 0 amide bonds. The molecule has 102 valence electrons. The number of hydrogen-bond donors (Lipinski definition) is 1. The zero-order valence-electron chi connectivity index (χ0n) is 11.3. The van der Waals surface area contributed by atoms with Gasteiger partial charge in [-0.1, -0.05) is 13.3 Å². The monoisotopic (exact) mass is 285 g/mol. The Kier molecular flexibility index (Phi) is 5.39. The van der Waals surface area contributed by atoms with E-state index < -0.39 is 10.8 Å². The van der Waals surface area contributed by atoms with Gasteiger partial charge in [-0.15, -0.1) is 11.3 Å². The van der Waals surface area contributed by atoms with Crippen LogP contribution in [0.5, 0.6) is 0 Å². The quantitative estimate of drug-likeness (QED) is 0.900. The molecule has 3 atom stereocenters. The molecule has 0 saturated heterocycles. The predicted molar refractivity (Wildman–Crippen MR) is 80.6 cm³/mol. The third kappa shape index (κ3) is 3.65. The van der Waals surface area contributed by atoms with E-state index in [2.05, 4.69) is 23.7 Å². The normalized spacial score (nSPS) is 26.1. The van der Waals surface area contributed by atoms with E-state index in [1.807, 2.05) is 18.3 Å². The average Bonchev–Trinajstić information content (AvgIpc) is 2.81. The minimum absolute atomic E-state index is 0.422. The molecule has 1 N–H and O–H groups in total. The molecule has 0 aliphatic heterocycles. The number of hydrogen-bond acceptors (Lipinski definition) is 3. The summed E-state index contributed by atoms with van der Waals surface area (Å²) < 4.78 is 11.9. The average molecular weight is 285 g/mol. The van der Waals surface area contributed by atoms with Crippen molar-refractivity contribution in [1.29, 1.82) is 0 Å². The van der Waals surface area contributed by atoms with Gasteiger partial charge in [0.15, 0.2) is 0 Å². The number of nitrogens with one attached hydrogen (secondary N) is 1. The Morgan fingerprint density at radius 2 is 2.33 bits per heavy atom. The van der Waals surface area contributed by atoms with Crippen molar-refractivity contribution in [3.8, 4) is 0 Å². The second-order valence-corrected chi connectivity index (χ2v) is 8.07. The summed E-state index contributed by atoms with van der Waals surface area (Å²) in [6.07, 6.45) is 4.70. The van der Waals surface area contributed by atoms with Crippen LogP contribution in [0.1, 0.15) is 43.0 Å². The van der Waals surface area contributed by atoms with Gasteiger partial charge in [-0.2, -0.15) is 0 Å². The molecule has 0 spiro atoms. The first kappa shape index (κ1) is 14.2. The molecular formula is C14H23NOS2. The highest BCUT2D eigenvalue weighted by molar-refractivity contribution is 7.85. The van der Waals surface area contributed by atoms with Gasteiger partial charge in [-0.25, -0.2) is 0 Å². The third-order valence-electron chi connectivity index (χ3n) is 3.80. The lowest BCUT2D eigenvalue weighted by Gasteiger charge is -2.29. The first-order chi connectivity index (χ1) is 8.70. The van der Waals surface area contributed by atoms with Gasteiger partial charge in [0.05, 0.1) is 0 Å². The molecule has 2 nitrogen and oxygen atoms in total. The highest BCUT2D eigenvalue weighted by Gasteiger charge is 2.25. The van der Waals surface area contributed by atoms with Crippen LogP contribution in [-0.2, 0) is 17.3 Å². The van der Waals surface area contributed by atoms with E-state index in [4.69, 9.17) is 0 Å². The van der Waals surface area contributed by atoms with Gasteiger partial charge >= 0.3 is 0 Å². The number of thiophene rings is 1. The molecule has 18 heavy (non-hydrogen) atoms. The first-order valence-corrected chi connectivity index (χ1v) is 9.10. The standard InChI is InChI=1S/C14H23NOS2/c1-3-18(16)13-6-4-5-12(9-13)15-10-14-11(2)7-8-17-14/h7-8,12-13,15H,3-6,9-10H2,1-2H3/t12-,13+,18+/m0/s1. The second-order valence-electron chi connectivity index (χ2n) is 5.06. The van der Waals surface area contributed by atoms with E-state index in [1.165, 1.54) is 23.3 Å². The molecule has 0 unspecified atom stereocenters. The first-order valence-electron chi connectivity index (χ1n) is 6.84. The van der Waals surface area contributed by atoms with Gasteiger partial charge in [0.1, 0.15) is 0 Å². The summed E-state index contributed by atoms with van der Waals surface area (Å²) in [7, 11) is -0.616. The smallest absolute Gasteiger partial charge is 0.0362 e. The molecule has 1 aliphatic carbocycles. The highest BCUT2D eigenvalue weighted by Crippen LogP contribution is 2.24. The van der Waals surface area contributed by atoms with Gasteiger partial charge in [0, 0.05) is 39.3 Å². The lowest BCUT2D eigenvalue weighted by atomic mass is 9.95. The zero-order valence-corrected chi connectivity index (χ0v) is 12.9. The summed E-state index contributed by atoms with van der Waals surface area (Å²) in [4.78, 5) is 1.44. The van der Waals surface area contributed by atoms with Gasteiger partial charge in [0.2, 0.25) is 0 Å². The summed E-state index contributed by atoms with van der Waals surface area (Å²) in [6.45, 7) is 5.17. The van der Waals surface area contributed by atoms with E-state index in [-0.39, 0.29) is 0 Å². The topological polar surface area (TPSA) is 29.1 Å². The van der Waals surface area contributed by atoms with Crippen LogP contribution in [0.3, 0.4) is 0 Å². The summed E-state index contributed by atoms with van der Waals surface area (Å²) in [5.41, 5.74) is 1.39. The molecule has 0 radical (unpaired) electrons. The van der Waals surface area contributed by atoms with Crippen LogP contribution >= 0.6 is 11.3 Å². The van der Waals surface area contributed by atoms with Crippen molar-refractivity contribution >= 4 is 22.1 Å². The molecule has 1 fully saturated rings. The van der Waals surface area contributed by atoms with Crippen LogP contribution in [-0.4, -0.2) is 21.3 Å². The van der Waals surface area contributed by atoms with Gasteiger partial charge < -0.3 is 5.32 Å². The summed E-state index contributed by atoms with van der Waals surface area (Å²) in [5.74, 6) is 0.807. The minimum Gasteiger partial charge on any atom is -0.309 e. The molecule has 4 heteroatoms. The summed E-state index contributed by atoms with van der Waals surface area (Å²) in [6, 6.07) is 2.73. The Morgan fingerprint density at radius 3 is 3.00 bits per heavy atom. The fraction of sp³-hybridized carbons (Fsp3) is 0.714. The van der Waals surface area contributed by atoms with Crippen LogP contribution in [0.25, 0.3) is 0 Å². The number of rotatable bonds is 5. The zero-order chi connectivity index (χ0) is 13.0. The molecule has 0 bridgehead atoms. The molecule has 1 aliphatic rings. The van der Waals surface area contributed by atoms with Crippen molar-refractivity contribution in [2.75, 3.05) is 5.75 Å². The molecule has 1 heterocycles. The van der Waals surface area contributed by atoms with Crippen LogP contribution in [0.4, 0.5) is 0 Å². The largest absolute Gasteiger partial charge is 0.309 e. The van der Waals surface area contributed by atoms with Crippen molar-refractivity contribution in [1.82, 2.24) is 5.32 Å². The fourth-order valence-electron chi connectivity index (χ4n) is 2.63. The van der Waals surface area contributed by atoms with Gasteiger partial charge in [-0.3, -0.25) is 4.21 Å². The van der Waals surface area contributed by atoms with Crippen LogP contribution in [0.15, 0.2) is 11.4 Å². The van der Waals surface area contributed by atoms with Crippen LogP contribution in [0, 0.1) is 6.92 Å². The van der Waals surface area contributed by atoms with E-state index >= 15 is 0 Å². The molecule has 1 saturated carbocycles. The van der Waals surface area contributed by atoms with E-state index in [0.717, 1.165) is 25.1 Å². The second kappa shape index (κ2) is 6.83. The molecular weight excluding hydrogens is 262 g/mol. The van der Waals surface area contributed by atoms with Gasteiger partial charge in [-0.05, 0) is 43.2 Å². The van der Waals surface area contributed by atoms with E-state index in [9.17, 15) is 4.21 Å². The summed E-state index contributed by atoms with van der Waals surface area (Å²) in [5, 5.41) is 6.23. The van der Waals surface area contributed by atoms with Crippen molar-refractivity contribution in [3.63, 3.8) is 0 Å². The van der Waals surface area contributed by atoms with E-state index in [0.29, 0.717) is 11.3 Å². The maximum absolute atomic E-state index is 11.9. The molecule has 1 aromatic heterocycles.